The van der Waals surface area contributed by atoms with Crippen molar-refractivity contribution in [1.29, 1.82) is 0 Å². The first-order valence-corrected chi connectivity index (χ1v) is 7.15. The zero-order valence-corrected chi connectivity index (χ0v) is 14.7. The maximum Gasteiger partial charge on any atom is 0.196 e. The Balaban J connectivity index is 0.00000242. The number of carbonyl (C=O) groups excluding carboxylic acids is 1. The average molecular weight is 364 g/mol. The Hall–Kier alpha value is -1.65. The molecular formula is C18H22BrNO2. The van der Waals surface area contributed by atoms with E-state index in [-0.39, 0.29) is 22.8 Å². The molecule has 2 aromatic rings. The predicted octanol–water partition coefficient (Wildman–Crippen LogP) is 3.83. The van der Waals surface area contributed by atoms with Crippen LogP contribution in [-0.4, -0.2) is 37.9 Å². The summed E-state index contributed by atoms with van der Waals surface area (Å²) in [5, 5.41) is 0. The molecule has 0 spiro atoms. The fraction of sp³-hybridized carbons (Fsp3) is 0.278. The van der Waals surface area contributed by atoms with Crippen molar-refractivity contribution in [2.24, 2.45) is 0 Å². The van der Waals surface area contributed by atoms with Crippen LogP contribution in [0.15, 0.2) is 54.6 Å². The van der Waals surface area contributed by atoms with E-state index in [0.29, 0.717) is 23.5 Å². The number of ether oxygens (including phenoxy) is 1. The van der Waals surface area contributed by atoms with E-state index in [1.165, 1.54) is 0 Å². The third-order valence-corrected chi connectivity index (χ3v) is 3.17. The number of benzene rings is 2. The molecule has 0 unspecified atom stereocenters. The second kappa shape index (κ2) is 9.38. The zero-order chi connectivity index (χ0) is 15.1. The van der Waals surface area contributed by atoms with Crippen LogP contribution in [0.3, 0.4) is 0 Å². The summed E-state index contributed by atoms with van der Waals surface area (Å²) in [5.74, 6) is 0.656. The highest BCUT2D eigenvalue weighted by atomic mass is 79.9. The van der Waals surface area contributed by atoms with Crippen LogP contribution in [0.2, 0.25) is 0 Å². The Morgan fingerprint density at radius 3 is 2.32 bits per heavy atom. The Labute approximate surface area is 142 Å². The first-order chi connectivity index (χ1) is 10.2. The van der Waals surface area contributed by atoms with E-state index < -0.39 is 0 Å². The molecule has 0 amide bonds. The lowest BCUT2D eigenvalue weighted by Gasteiger charge is -2.12. The molecular weight excluding hydrogens is 342 g/mol. The van der Waals surface area contributed by atoms with E-state index in [2.05, 4.69) is 4.90 Å². The van der Waals surface area contributed by atoms with Crippen molar-refractivity contribution < 1.29 is 9.53 Å². The Morgan fingerprint density at radius 1 is 1.00 bits per heavy atom. The second-order valence-corrected chi connectivity index (χ2v) is 5.20. The highest BCUT2D eigenvalue weighted by molar-refractivity contribution is 8.93. The summed E-state index contributed by atoms with van der Waals surface area (Å²) >= 11 is 0. The lowest BCUT2D eigenvalue weighted by Crippen LogP contribution is -2.16. The lowest BCUT2D eigenvalue weighted by molar-refractivity contribution is 0.103. The van der Waals surface area contributed by atoms with Gasteiger partial charge in [-0.05, 0) is 32.6 Å². The quantitative estimate of drug-likeness (QED) is 0.553. The Morgan fingerprint density at radius 2 is 1.64 bits per heavy atom. The van der Waals surface area contributed by atoms with Gasteiger partial charge in [-0.1, -0.05) is 42.5 Å². The summed E-state index contributed by atoms with van der Waals surface area (Å²) in [6.07, 6.45) is 0.931. The molecule has 4 heteroatoms. The molecule has 0 saturated heterocycles. The van der Waals surface area contributed by atoms with Crippen LogP contribution < -0.4 is 4.74 Å². The van der Waals surface area contributed by atoms with Crippen LogP contribution in [-0.2, 0) is 0 Å². The molecule has 22 heavy (non-hydrogen) atoms. The summed E-state index contributed by atoms with van der Waals surface area (Å²) in [5.41, 5.74) is 1.30. The topological polar surface area (TPSA) is 29.5 Å². The largest absolute Gasteiger partial charge is 0.493 e. The molecule has 2 rings (SSSR count). The summed E-state index contributed by atoms with van der Waals surface area (Å²) in [7, 11) is 4.07. The number of ketones is 1. The zero-order valence-electron chi connectivity index (χ0n) is 13.0. The van der Waals surface area contributed by atoms with Crippen LogP contribution in [0.25, 0.3) is 0 Å². The summed E-state index contributed by atoms with van der Waals surface area (Å²) in [4.78, 5) is 14.6. The van der Waals surface area contributed by atoms with Gasteiger partial charge < -0.3 is 9.64 Å². The molecule has 0 aliphatic carbocycles. The molecule has 0 fully saturated rings. The van der Waals surface area contributed by atoms with Gasteiger partial charge in [0.2, 0.25) is 0 Å². The van der Waals surface area contributed by atoms with Gasteiger partial charge in [0.25, 0.3) is 0 Å². The van der Waals surface area contributed by atoms with E-state index in [1.54, 1.807) is 0 Å². The Bertz CT molecular complexity index is 585. The first kappa shape index (κ1) is 18.4. The first-order valence-electron chi connectivity index (χ1n) is 7.15. The predicted molar refractivity (Wildman–Crippen MR) is 95.3 cm³/mol. The number of nitrogens with zero attached hydrogens (tertiary/aromatic N) is 1. The molecule has 0 aromatic heterocycles. The third kappa shape index (κ3) is 5.28. The fourth-order valence-corrected chi connectivity index (χ4v) is 2.09. The molecule has 0 heterocycles. The van der Waals surface area contributed by atoms with Crippen molar-refractivity contribution in [3.63, 3.8) is 0 Å². The van der Waals surface area contributed by atoms with Crippen molar-refractivity contribution in [2.75, 3.05) is 27.2 Å². The maximum absolute atomic E-state index is 12.5. The van der Waals surface area contributed by atoms with E-state index in [4.69, 9.17) is 4.74 Å². The molecule has 3 nitrogen and oxygen atoms in total. The number of halogens is 1. The number of carbonyl (C=O) groups is 1. The van der Waals surface area contributed by atoms with Crippen molar-refractivity contribution in [3.8, 4) is 5.75 Å². The number of hydrogen-bond acceptors (Lipinski definition) is 3. The van der Waals surface area contributed by atoms with Gasteiger partial charge >= 0.3 is 0 Å². The lowest BCUT2D eigenvalue weighted by atomic mass is 10.0. The van der Waals surface area contributed by atoms with E-state index in [9.17, 15) is 4.79 Å². The van der Waals surface area contributed by atoms with Gasteiger partial charge in [0, 0.05) is 12.1 Å². The standard InChI is InChI=1S/C18H21NO2.BrH/c1-19(2)13-8-14-21-17-12-7-6-11-16(17)18(20)15-9-4-3-5-10-15;/h3-7,9-12H,8,13-14H2,1-2H3;1H. The highest BCUT2D eigenvalue weighted by Gasteiger charge is 2.13. The van der Waals surface area contributed by atoms with Gasteiger partial charge in [0.05, 0.1) is 12.2 Å². The molecule has 0 radical (unpaired) electrons. The van der Waals surface area contributed by atoms with Crippen molar-refractivity contribution in [2.45, 2.75) is 6.42 Å². The van der Waals surface area contributed by atoms with Gasteiger partial charge in [-0.3, -0.25) is 4.79 Å². The van der Waals surface area contributed by atoms with Gasteiger partial charge in [0.1, 0.15) is 5.75 Å². The van der Waals surface area contributed by atoms with Gasteiger partial charge in [-0.2, -0.15) is 0 Å². The monoisotopic (exact) mass is 363 g/mol. The van der Waals surface area contributed by atoms with Crippen molar-refractivity contribution in [3.05, 3.63) is 65.7 Å². The summed E-state index contributed by atoms with van der Waals surface area (Å²) in [6, 6.07) is 16.7. The average Bonchev–Trinajstić information content (AvgIpc) is 2.52. The van der Waals surface area contributed by atoms with Crippen LogP contribution >= 0.6 is 17.0 Å². The van der Waals surface area contributed by atoms with Gasteiger partial charge in [-0.15, -0.1) is 17.0 Å². The van der Waals surface area contributed by atoms with Crippen LogP contribution in [0, 0.1) is 0 Å². The van der Waals surface area contributed by atoms with Crippen LogP contribution in [0.5, 0.6) is 5.75 Å². The van der Waals surface area contributed by atoms with Crippen molar-refractivity contribution in [1.82, 2.24) is 4.90 Å². The fourth-order valence-electron chi connectivity index (χ4n) is 2.09. The van der Waals surface area contributed by atoms with E-state index in [1.807, 2.05) is 68.7 Å². The summed E-state index contributed by atoms with van der Waals surface area (Å²) in [6.45, 7) is 1.58. The van der Waals surface area contributed by atoms with Crippen LogP contribution in [0.4, 0.5) is 0 Å². The minimum absolute atomic E-state index is 0. The Kier molecular flexibility index (Phi) is 7.85. The number of rotatable bonds is 7. The molecule has 0 aliphatic heterocycles. The third-order valence-electron chi connectivity index (χ3n) is 3.17. The highest BCUT2D eigenvalue weighted by Crippen LogP contribution is 2.21. The van der Waals surface area contributed by atoms with E-state index in [0.717, 1.165) is 13.0 Å². The number of hydrogen-bond donors (Lipinski definition) is 0. The molecule has 0 saturated carbocycles. The molecule has 0 atom stereocenters. The number of para-hydroxylation sites is 1. The summed E-state index contributed by atoms with van der Waals surface area (Å²) < 4.78 is 5.78. The molecule has 0 bridgehead atoms. The van der Waals surface area contributed by atoms with Crippen LogP contribution in [0.1, 0.15) is 22.3 Å². The molecule has 0 N–H and O–H groups in total. The van der Waals surface area contributed by atoms with Gasteiger partial charge in [0.15, 0.2) is 5.78 Å². The normalized spacial score (nSPS) is 10.1. The SMILES string of the molecule is Br.CN(C)CCCOc1ccccc1C(=O)c1ccccc1. The minimum Gasteiger partial charge on any atom is -0.493 e. The maximum atomic E-state index is 12.5. The van der Waals surface area contributed by atoms with Crippen molar-refractivity contribution >= 4 is 22.8 Å². The smallest absolute Gasteiger partial charge is 0.196 e. The molecule has 118 valence electrons. The minimum atomic E-state index is -0.00110. The molecule has 2 aromatic carbocycles. The van der Waals surface area contributed by atoms with Gasteiger partial charge in [-0.25, -0.2) is 0 Å². The van der Waals surface area contributed by atoms with E-state index >= 15 is 0 Å². The second-order valence-electron chi connectivity index (χ2n) is 5.20. The molecule has 0 aliphatic rings.